The predicted molar refractivity (Wildman–Crippen MR) is 91.8 cm³/mol. The van der Waals surface area contributed by atoms with Crippen LogP contribution < -0.4 is 5.32 Å². The molecule has 2 aromatic rings. The van der Waals surface area contributed by atoms with Crippen LogP contribution in [-0.4, -0.2) is 45.0 Å². The highest BCUT2D eigenvalue weighted by Crippen LogP contribution is 2.22. The molecule has 2 atom stereocenters. The van der Waals surface area contributed by atoms with Gasteiger partial charge in [0.15, 0.2) is 0 Å². The molecule has 0 bridgehead atoms. The molecule has 0 fully saturated rings. The first-order valence-corrected chi connectivity index (χ1v) is 7.95. The number of aliphatic hydroxyl groups excluding tert-OH is 2. The fourth-order valence-corrected chi connectivity index (χ4v) is 2.30. The number of aromatic nitrogens is 1. The van der Waals surface area contributed by atoms with Crippen LogP contribution in [0.2, 0.25) is 5.15 Å². The lowest BCUT2D eigenvalue weighted by atomic mass is 10.0. The number of aromatic carboxylic acids is 1. The molecule has 0 saturated heterocycles. The van der Waals surface area contributed by atoms with Gasteiger partial charge in [-0.2, -0.15) is 0 Å². The van der Waals surface area contributed by atoms with Crippen LogP contribution >= 0.6 is 11.6 Å². The van der Waals surface area contributed by atoms with E-state index in [0.29, 0.717) is 0 Å². The molecule has 0 radical (unpaired) electrons. The number of alkyl carbamates (subject to hydrolysis) is 1. The average Bonchev–Trinajstić information content (AvgIpc) is 2.64. The number of amides is 1. The Morgan fingerprint density at radius 1 is 1.23 bits per heavy atom. The van der Waals surface area contributed by atoms with Crippen molar-refractivity contribution in [1.29, 1.82) is 0 Å². The van der Waals surface area contributed by atoms with E-state index in [1.165, 1.54) is 0 Å². The Labute approximate surface area is 154 Å². The maximum absolute atomic E-state index is 11.6. The monoisotopic (exact) mass is 380 g/mol. The molecule has 0 saturated carbocycles. The Hall–Kier alpha value is -2.68. The molecule has 2 rings (SSSR count). The molecule has 1 amide bonds. The number of nitrogens with one attached hydrogen (secondary N) is 1. The van der Waals surface area contributed by atoms with E-state index in [0.717, 1.165) is 17.8 Å². The van der Waals surface area contributed by atoms with Crippen molar-refractivity contribution >= 4 is 23.7 Å². The van der Waals surface area contributed by atoms with Gasteiger partial charge >= 0.3 is 12.1 Å². The van der Waals surface area contributed by atoms with E-state index in [2.05, 4.69) is 10.3 Å². The number of pyridine rings is 1. The van der Waals surface area contributed by atoms with Gasteiger partial charge in [0.05, 0.1) is 5.56 Å². The molecule has 138 valence electrons. The second-order valence-electron chi connectivity index (χ2n) is 5.35. The third-order valence-corrected chi connectivity index (χ3v) is 3.69. The number of carbonyl (C=O) groups excluding carboxylic acids is 1. The number of carboxylic acid groups (broad SMARTS) is 1. The maximum Gasteiger partial charge on any atom is 0.407 e. The standard InChI is InChI=1S/C17H17ClN2O6/c18-14-6-11(16(23)24)12(7-19-14)15(22)13(21)8-20-17(25)26-9-10-4-2-1-3-5-10/h1-7,13,15,21-22H,8-9H2,(H,20,25)(H,23,24). The summed E-state index contributed by atoms with van der Waals surface area (Å²) < 4.78 is 4.97. The molecule has 0 aliphatic carbocycles. The van der Waals surface area contributed by atoms with Gasteiger partial charge in [-0.05, 0) is 11.6 Å². The summed E-state index contributed by atoms with van der Waals surface area (Å²) in [4.78, 5) is 26.6. The lowest BCUT2D eigenvalue weighted by molar-refractivity contribution is 0.0172. The Morgan fingerprint density at radius 2 is 1.92 bits per heavy atom. The first-order valence-electron chi connectivity index (χ1n) is 7.58. The second-order valence-corrected chi connectivity index (χ2v) is 5.74. The Kier molecular flexibility index (Phi) is 6.90. The molecule has 8 nitrogen and oxygen atoms in total. The number of carboxylic acids is 1. The molecule has 2 unspecified atom stereocenters. The average molecular weight is 381 g/mol. The van der Waals surface area contributed by atoms with Gasteiger partial charge in [-0.3, -0.25) is 0 Å². The summed E-state index contributed by atoms with van der Waals surface area (Å²) in [7, 11) is 0. The van der Waals surface area contributed by atoms with E-state index in [4.69, 9.17) is 21.4 Å². The Bertz CT molecular complexity index is 771. The van der Waals surface area contributed by atoms with Gasteiger partial charge in [0, 0.05) is 18.3 Å². The fourth-order valence-electron chi connectivity index (χ4n) is 2.14. The van der Waals surface area contributed by atoms with Crippen molar-refractivity contribution in [2.24, 2.45) is 0 Å². The van der Waals surface area contributed by atoms with Crippen LogP contribution in [0.5, 0.6) is 0 Å². The van der Waals surface area contributed by atoms with E-state index >= 15 is 0 Å². The van der Waals surface area contributed by atoms with Crippen molar-refractivity contribution in [3.8, 4) is 0 Å². The number of halogens is 1. The lowest BCUT2D eigenvalue weighted by Gasteiger charge is -2.19. The minimum Gasteiger partial charge on any atom is -0.478 e. The van der Waals surface area contributed by atoms with Crippen LogP contribution in [0.25, 0.3) is 0 Å². The van der Waals surface area contributed by atoms with Crippen molar-refractivity contribution < 1.29 is 29.6 Å². The maximum atomic E-state index is 11.6. The van der Waals surface area contributed by atoms with E-state index < -0.39 is 24.3 Å². The summed E-state index contributed by atoms with van der Waals surface area (Å²) in [5.41, 5.74) is 0.388. The minimum atomic E-state index is -1.58. The van der Waals surface area contributed by atoms with Crippen molar-refractivity contribution in [1.82, 2.24) is 10.3 Å². The highest BCUT2D eigenvalue weighted by molar-refractivity contribution is 6.29. The summed E-state index contributed by atoms with van der Waals surface area (Å²) in [6, 6.07) is 10.1. The van der Waals surface area contributed by atoms with Gasteiger partial charge in [0.2, 0.25) is 0 Å². The highest BCUT2D eigenvalue weighted by atomic mass is 35.5. The number of rotatable bonds is 7. The van der Waals surface area contributed by atoms with Crippen LogP contribution in [0, 0.1) is 0 Å². The lowest BCUT2D eigenvalue weighted by Crippen LogP contribution is -2.36. The quantitative estimate of drug-likeness (QED) is 0.538. The molecule has 0 aliphatic rings. The van der Waals surface area contributed by atoms with Gasteiger partial charge in [-0.15, -0.1) is 0 Å². The number of benzene rings is 1. The molecule has 1 aromatic heterocycles. The summed E-state index contributed by atoms with van der Waals surface area (Å²) in [5, 5.41) is 31.5. The van der Waals surface area contributed by atoms with Crippen LogP contribution in [0.15, 0.2) is 42.6 Å². The van der Waals surface area contributed by atoms with E-state index in [1.54, 1.807) is 24.3 Å². The summed E-state index contributed by atoms with van der Waals surface area (Å²) in [6.07, 6.45) is -2.78. The van der Waals surface area contributed by atoms with Crippen molar-refractivity contribution in [2.45, 2.75) is 18.8 Å². The van der Waals surface area contributed by atoms with Gasteiger partial charge in [0.1, 0.15) is 24.0 Å². The number of aliphatic hydroxyl groups is 2. The molecule has 0 spiro atoms. The Balaban J connectivity index is 1.90. The van der Waals surface area contributed by atoms with Crippen molar-refractivity contribution in [3.63, 3.8) is 0 Å². The summed E-state index contributed by atoms with van der Waals surface area (Å²) >= 11 is 5.64. The fraction of sp³-hybridized carbons (Fsp3) is 0.235. The smallest absolute Gasteiger partial charge is 0.407 e. The number of nitrogens with zero attached hydrogens (tertiary/aromatic N) is 1. The molecule has 1 aromatic carbocycles. The third-order valence-electron chi connectivity index (χ3n) is 3.48. The normalized spacial score (nSPS) is 12.9. The van der Waals surface area contributed by atoms with E-state index in [-0.39, 0.29) is 29.4 Å². The topological polar surface area (TPSA) is 129 Å². The molecule has 1 heterocycles. The van der Waals surface area contributed by atoms with Gasteiger partial charge < -0.3 is 25.4 Å². The first kappa shape index (κ1) is 19.6. The van der Waals surface area contributed by atoms with E-state index in [1.807, 2.05) is 6.07 Å². The molecule has 26 heavy (non-hydrogen) atoms. The molecule has 9 heteroatoms. The van der Waals surface area contributed by atoms with Crippen molar-refractivity contribution in [3.05, 3.63) is 64.4 Å². The Morgan fingerprint density at radius 3 is 2.58 bits per heavy atom. The second kappa shape index (κ2) is 9.14. The molecule has 4 N–H and O–H groups in total. The summed E-state index contributed by atoms with van der Waals surface area (Å²) in [6.45, 7) is -0.300. The number of ether oxygens (including phenoxy) is 1. The zero-order chi connectivity index (χ0) is 19.1. The number of hydrogen-bond donors (Lipinski definition) is 4. The minimum absolute atomic E-state index is 0.0512. The number of carbonyl (C=O) groups is 2. The van der Waals surface area contributed by atoms with E-state index in [9.17, 15) is 19.8 Å². The first-order chi connectivity index (χ1) is 12.4. The zero-order valence-electron chi connectivity index (χ0n) is 13.5. The van der Waals surface area contributed by atoms with Gasteiger partial charge in [0.25, 0.3) is 0 Å². The van der Waals surface area contributed by atoms with Crippen LogP contribution in [-0.2, 0) is 11.3 Å². The van der Waals surface area contributed by atoms with Crippen molar-refractivity contribution in [2.75, 3.05) is 6.54 Å². The zero-order valence-corrected chi connectivity index (χ0v) is 14.3. The molecular weight excluding hydrogens is 364 g/mol. The highest BCUT2D eigenvalue weighted by Gasteiger charge is 2.25. The molecular formula is C17H17ClN2O6. The SMILES string of the molecule is O=C(NCC(O)C(O)c1cnc(Cl)cc1C(=O)O)OCc1ccccc1. The van der Waals surface area contributed by atoms with Crippen LogP contribution in [0.3, 0.4) is 0 Å². The van der Waals surface area contributed by atoms with Crippen LogP contribution in [0.1, 0.15) is 27.6 Å². The number of hydrogen-bond acceptors (Lipinski definition) is 6. The van der Waals surface area contributed by atoms with Gasteiger partial charge in [-0.1, -0.05) is 41.9 Å². The largest absolute Gasteiger partial charge is 0.478 e. The molecule has 0 aliphatic heterocycles. The third kappa shape index (κ3) is 5.41. The van der Waals surface area contributed by atoms with Gasteiger partial charge in [-0.25, -0.2) is 14.6 Å². The summed E-state index contributed by atoms with van der Waals surface area (Å²) in [5.74, 6) is -1.33. The van der Waals surface area contributed by atoms with Crippen LogP contribution in [0.4, 0.5) is 4.79 Å². The predicted octanol–water partition coefficient (Wildman–Crippen LogP) is 1.75.